The molecule has 2 rings (SSSR count). The number of rotatable bonds is 5. The molecule has 1 atom stereocenters. The first kappa shape index (κ1) is 16.6. The Hall–Kier alpha value is -1.81. The monoisotopic (exact) mass is 301 g/mol. The lowest BCUT2D eigenvalue weighted by molar-refractivity contribution is -0.124. The van der Waals surface area contributed by atoms with Crippen molar-refractivity contribution >= 4 is 16.8 Å². The van der Waals surface area contributed by atoms with Gasteiger partial charge in [-0.05, 0) is 29.4 Å². The van der Waals surface area contributed by atoms with Crippen LogP contribution in [0.1, 0.15) is 38.8 Å². The Labute approximate surface area is 132 Å². The maximum Gasteiger partial charge on any atom is 0.237 e. The van der Waals surface area contributed by atoms with E-state index >= 15 is 0 Å². The van der Waals surface area contributed by atoms with Gasteiger partial charge in [-0.1, -0.05) is 45.9 Å². The standard InChI is InChI=1S/C18H27N3O/c1-5-12-7-6-8-14-13(11-21-15(12)14)9-10-20-17(22)16(19)18(2,3)4/h6-8,11,16,21H,5,9-10,19H2,1-4H3,(H,20,22)/t16-/m1/s1. The highest BCUT2D eigenvalue weighted by Crippen LogP contribution is 2.22. The highest BCUT2D eigenvalue weighted by atomic mass is 16.2. The largest absolute Gasteiger partial charge is 0.361 e. The topological polar surface area (TPSA) is 70.9 Å². The van der Waals surface area contributed by atoms with Gasteiger partial charge in [0.15, 0.2) is 0 Å². The molecule has 0 aliphatic rings. The molecule has 2 aromatic rings. The summed E-state index contributed by atoms with van der Waals surface area (Å²) < 4.78 is 0. The summed E-state index contributed by atoms with van der Waals surface area (Å²) in [6, 6.07) is 5.88. The fourth-order valence-electron chi connectivity index (χ4n) is 2.60. The van der Waals surface area contributed by atoms with Crippen LogP contribution in [0.5, 0.6) is 0 Å². The number of para-hydroxylation sites is 1. The number of nitrogens with one attached hydrogen (secondary N) is 2. The molecular formula is C18H27N3O. The first-order valence-electron chi connectivity index (χ1n) is 7.95. The highest BCUT2D eigenvalue weighted by Gasteiger charge is 2.26. The van der Waals surface area contributed by atoms with E-state index in [1.54, 1.807) is 0 Å². The molecule has 22 heavy (non-hydrogen) atoms. The predicted octanol–water partition coefficient (Wildman–Crippen LogP) is 2.76. The number of aryl methyl sites for hydroxylation is 1. The number of nitrogens with two attached hydrogens (primary N) is 1. The van der Waals surface area contributed by atoms with Crippen LogP contribution in [0.2, 0.25) is 0 Å². The Kier molecular flexibility index (Phi) is 4.91. The fraction of sp³-hybridized carbons (Fsp3) is 0.500. The van der Waals surface area contributed by atoms with Crippen molar-refractivity contribution in [2.45, 2.75) is 46.6 Å². The van der Waals surface area contributed by atoms with E-state index in [2.05, 4.69) is 35.4 Å². The van der Waals surface area contributed by atoms with Gasteiger partial charge in [-0.3, -0.25) is 4.79 Å². The van der Waals surface area contributed by atoms with E-state index in [1.165, 1.54) is 22.0 Å². The van der Waals surface area contributed by atoms with Gasteiger partial charge in [-0.2, -0.15) is 0 Å². The molecule has 120 valence electrons. The van der Waals surface area contributed by atoms with E-state index in [0.717, 1.165) is 12.8 Å². The molecule has 1 heterocycles. The molecule has 0 bridgehead atoms. The Bertz CT molecular complexity index is 652. The van der Waals surface area contributed by atoms with E-state index in [-0.39, 0.29) is 11.3 Å². The van der Waals surface area contributed by atoms with Gasteiger partial charge in [0.05, 0.1) is 6.04 Å². The van der Waals surface area contributed by atoms with Crippen LogP contribution < -0.4 is 11.1 Å². The molecule has 0 spiro atoms. The zero-order valence-corrected chi connectivity index (χ0v) is 14.0. The minimum absolute atomic E-state index is 0.0819. The summed E-state index contributed by atoms with van der Waals surface area (Å²) in [5.41, 5.74) is 9.50. The second-order valence-electron chi connectivity index (χ2n) is 6.89. The minimum atomic E-state index is -0.484. The van der Waals surface area contributed by atoms with Gasteiger partial charge in [-0.25, -0.2) is 0 Å². The van der Waals surface area contributed by atoms with Crippen molar-refractivity contribution in [2.24, 2.45) is 11.1 Å². The molecule has 1 amide bonds. The van der Waals surface area contributed by atoms with Gasteiger partial charge in [0.1, 0.15) is 0 Å². The zero-order valence-electron chi connectivity index (χ0n) is 14.0. The number of carbonyl (C=O) groups is 1. The Morgan fingerprint density at radius 3 is 2.68 bits per heavy atom. The van der Waals surface area contributed by atoms with Crippen LogP contribution in [0.25, 0.3) is 10.9 Å². The highest BCUT2D eigenvalue weighted by molar-refractivity contribution is 5.86. The van der Waals surface area contributed by atoms with Crippen molar-refractivity contribution < 1.29 is 4.79 Å². The number of fused-ring (bicyclic) bond motifs is 1. The van der Waals surface area contributed by atoms with Crippen molar-refractivity contribution in [3.05, 3.63) is 35.5 Å². The molecule has 0 saturated heterocycles. The van der Waals surface area contributed by atoms with Gasteiger partial charge in [0.25, 0.3) is 0 Å². The first-order valence-corrected chi connectivity index (χ1v) is 7.95. The third-order valence-corrected chi connectivity index (χ3v) is 4.18. The van der Waals surface area contributed by atoms with Crippen molar-refractivity contribution in [1.29, 1.82) is 0 Å². The minimum Gasteiger partial charge on any atom is -0.361 e. The molecule has 0 fully saturated rings. The summed E-state index contributed by atoms with van der Waals surface area (Å²) in [7, 11) is 0. The average Bonchev–Trinajstić information content (AvgIpc) is 2.88. The summed E-state index contributed by atoms with van der Waals surface area (Å²) in [5, 5.41) is 4.19. The van der Waals surface area contributed by atoms with Gasteiger partial charge in [0, 0.05) is 23.6 Å². The SMILES string of the molecule is CCc1cccc2c(CCNC(=O)[C@@H](N)C(C)(C)C)c[nH]c12. The van der Waals surface area contributed by atoms with Crippen LogP contribution in [0.4, 0.5) is 0 Å². The lowest BCUT2D eigenvalue weighted by Gasteiger charge is -2.25. The first-order chi connectivity index (χ1) is 10.3. The summed E-state index contributed by atoms with van der Waals surface area (Å²) >= 11 is 0. The molecule has 4 nitrogen and oxygen atoms in total. The van der Waals surface area contributed by atoms with Crippen LogP contribution in [-0.4, -0.2) is 23.5 Å². The summed E-state index contributed by atoms with van der Waals surface area (Å²) in [4.78, 5) is 15.4. The molecule has 0 radical (unpaired) electrons. The van der Waals surface area contributed by atoms with Crippen LogP contribution >= 0.6 is 0 Å². The molecule has 0 saturated carbocycles. The maximum atomic E-state index is 12.0. The molecule has 0 aliphatic carbocycles. The second-order valence-corrected chi connectivity index (χ2v) is 6.89. The summed E-state index contributed by atoms with van der Waals surface area (Å²) in [6.45, 7) is 8.69. The van der Waals surface area contributed by atoms with Crippen LogP contribution in [0, 0.1) is 5.41 Å². The third kappa shape index (κ3) is 3.50. The average molecular weight is 301 g/mol. The van der Waals surface area contributed by atoms with Crippen LogP contribution in [0.15, 0.2) is 24.4 Å². The molecule has 0 unspecified atom stereocenters. The lowest BCUT2D eigenvalue weighted by Crippen LogP contribution is -2.48. The Morgan fingerprint density at radius 1 is 1.32 bits per heavy atom. The molecular weight excluding hydrogens is 274 g/mol. The smallest absolute Gasteiger partial charge is 0.237 e. The molecule has 4 heteroatoms. The zero-order chi connectivity index (χ0) is 16.3. The maximum absolute atomic E-state index is 12.0. The molecule has 1 aromatic heterocycles. The van der Waals surface area contributed by atoms with Crippen molar-refractivity contribution in [1.82, 2.24) is 10.3 Å². The van der Waals surface area contributed by atoms with Crippen LogP contribution in [0.3, 0.4) is 0 Å². The molecule has 4 N–H and O–H groups in total. The van der Waals surface area contributed by atoms with E-state index in [1.807, 2.05) is 27.0 Å². The van der Waals surface area contributed by atoms with E-state index < -0.39 is 6.04 Å². The van der Waals surface area contributed by atoms with Crippen molar-refractivity contribution in [3.63, 3.8) is 0 Å². The van der Waals surface area contributed by atoms with Gasteiger partial charge in [-0.15, -0.1) is 0 Å². The van der Waals surface area contributed by atoms with Gasteiger partial charge in [0.2, 0.25) is 5.91 Å². The summed E-state index contributed by atoms with van der Waals surface area (Å²) in [5.74, 6) is -0.0819. The second kappa shape index (κ2) is 6.53. The number of aromatic nitrogens is 1. The normalized spacial score (nSPS) is 13.3. The lowest BCUT2D eigenvalue weighted by atomic mass is 9.87. The number of aromatic amines is 1. The molecule has 1 aromatic carbocycles. The van der Waals surface area contributed by atoms with E-state index in [0.29, 0.717) is 6.54 Å². The quantitative estimate of drug-likeness (QED) is 0.794. The van der Waals surface area contributed by atoms with Gasteiger partial charge >= 0.3 is 0 Å². The van der Waals surface area contributed by atoms with Crippen molar-refractivity contribution in [3.8, 4) is 0 Å². The number of benzene rings is 1. The molecule has 0 aliphatic heterocycles. The van der Waals surface area contributed by atoms with E-state index in [9.17, 15) is 4.79 Å². The number of amides is 1. The Morgan fingerprint density at radius 2 is 2.05 bits per heavy atom. The third-order valence-electron chi connectivity index (χ3n) is 4.18. The fourth-order valence-corrected chi connectivity index (χ4v) is 2.60. The number of hydrogen-bond donors (Lipinski definition) is 3. The summed E-state index contributed by atoms with van der Waals surface area (Å²) in [6.07, 6.45) is 3.85. The Balaban J connectivity index is 2.00. The number of H-pyrrole nitrogens is 1. The van der Waals surface area contributed by atoms with Gasteiger partial charge < -0.3 is 16.0 Å². The number of hydrogen-bond acceptors (Lipinski definition) is 2. The predicted molar refractivity (Wildman–Crippen MR) is 91.8 cm³/mol. The van der Waals surface area contributed by atoms with Crippen molar-refractivity contribution in [2.75, 3.05) is 6.54 Å². The van der Waals surface area contributed by atoms with E-state index in [4.69, 9.17) is 5.73 Å². The number of carbonyl (C=O) groups excluding carboxylic acids is 1. The van der Waals surface area contributed by atoms with Crippen LogP contribution in [-0.2, 0) is 17.6 Å².